The average Bonchev–Trinajstić information content (AvgIpc) is 2.46. The van der Waals surface area contributed by atoms with Crippen molar-refractivity contribution >= 4 is 5.91 Å². The van der Waals surface area contributed by atoms with Crippen LogP contribution >= 0.6 is 0 Å². The van der Waals surface area contributed by atoms with Crippen LogP contribution in [0.4, 0.5) is 0 Å². The number of nitrogens with two attached hydrogens (primary N) is 1. The molecular weight excluding hydrogens is 262 g/mol. The van der Waals surface area contributed by atoms with E-state index in [1.807, 2.05) is 6.07 Å². The maximum absolute atomic E-state index is 12.1. The van der Waals surface area contributed by atoms with Gasteiger partial charge in [-0.1, -0.05) is 26.3 Å². The fourth-order valence-corrected chi connectivity index (χ4v) is 4.86. The molecule has 0 heterocycles. The minimum atomic E-state index is -0.381. The highest BCUT2D eigenvalue weighted by Crippen LogP contribution is 2.57. The topological polar surface area (TPSA) is 52.3 Å². The number of benzene rings is 1. The number of primary amides is 1. The third-order valence-electron chi connectivity index (χ3n) is 6.13. The zero-order chi connectivity index (χ0) is 15.3. The van der Waals surface area contributed by atoms with E-state index < -0.39 is 0 Å². The maximum Gasteiger partial charge on any atom is 0.223 e. The van der Waals surface area contributed by atoms with Crippen LogP contribution in [0, 0.1) is 11.3 Å². The lowest BCUT2D eigenvalue weighted by Gasteiger charge is -2.54. The molecule has 3 rings (SSSR count). The predicted octanol–water partition coefficient (Wildman–Crippen LogP) is 3.19. The molecule has 3 heteroatoms. The summed E-state index contributed by atoms with van der Waals surface area (Å²) in [4.78, 5) is 12.1. The van der Waals surface area contributed by atoms with Gasteiger partial charge in [0.15, 0.2) is 0 Å². The van der Waals surface area contributed by atoms with Gasteiger partial charge in [-0.25, -0.2) is 0 Å². The van der Waals surface area contributed by atoms with E-state index in [2.05, 4.69) is 26.0 Å². The first kappa shape index (κ1) is 14.4. The van der Waals surface area contributed by atoms with Crippen molar-refractivity contribution in [1.29, 1.82) is 0 Å². The van der Waals surface area contributed by atoms with E-state index in [1.165, 1.54) is 11.1 Å². The Kier molecular flexibility index (Phi) is 3.27. The van der Waals surface area contributed by atoms with Gasteiger partial charge in [0.2, 0.25) is 5.91 Å². The molecule has 0 spiro atoms. The standard InChI is InChI=1S/C18H25NO2/c1-17-9-4-10-18(2,16(19)20)15(17)8-6-12-5-7-13(21-3)11-14(12)17/h5,7,11,15H,4,6,8-10H2,1-3H3,(H2,19,20)/t15-,17+,18+/m1/s1. The second-order valence-corrected chi connectivity index (χ2v) is 7.17. The third kappa shape index (κ3) is 1.97. The molecule has 2 aliphatic rings. The number of carbonyl (C=O) groups is 1. The molecule has 1 aromatic carbocycles. The molecule has 0 radical (unpaired) electrons. The van der Waals surface area contributed by atoms with Crippen LogP contribution in [0.15, 0.2) is 18.2 Å². The highest BCUT2D eigenvalue weighted by atomic mass is 16.5. The molecule has 1 fully saturated rings. The molecule has 21 heavy (non-hydrogen) atoms. The quantitative estimate of drug-likeness (QED) is 0.908. The van der Waals surface area contributed by atoms with E-state index in [1.54, 1.807) is 7.11 Å². The van der Waals surface area contributed by atoms with Gasteiger partial charge in [-0.2, -0.15) is 0 Å². The van der Waals surface area contributed by atoms with Gasteiger partial charge in [0.05, 0.1) is 7.11 Å². The van der Waals surface area contributed by atoms with Crippen molar-refractivity contribution in [2.24, 2.45) is 17.1 Å². The van der Waals surface area contributed by atoms with Crippen LogP contribution in [-0.4, -0.2) is 13.0 Å². The third-order valence-corrected chi connectivity index (χ3v) is 6.13. The number of amides is 1. The Bertz CT molecular complexity index is 583. The summed E-state index contributed by atoms with van der Waals surface area (Å²) in [5.41, 5.74) is 8.20. The van der Waals surface area contributed by atoms with E-state index in [9.17, 15) is 4.79 Å². The molecule has 0 aromatic heterocycles. The smallest absolute Gasteiger partial charge is 0.223 e. The molecule has 114 valence electrons. The Morgan fingerprint density at radius 3 is 2.76 bits per heavy atom. The van der Waals surface area contributed by atoms with Crippen LogP contribution in [-0.2, 0) is 16.6 Å². The summed E-state index contributed by atoms with van der Waals surface area (Å²) >= 11 is 0. The zero-order valence-corrected chi connectivity index (χ0v) is 13.2. The summed E-state index contributed by atoms with van der Waals surface area (Å²) in [6.07, 6.45) is 5.18. The van der Waals surface area contributed by atoms with Gasteiger partial charge < -0.3 is 10.5 Å². The van der Waals surface area contributed by atoms with Gasteiger partial charge in [-0.15, -0.1) is 0 Å². The van der Waals surface area contributed by atoms with Crippen molar-refractivity contribution in [1.82, 2.24) is 0 Å². The van der Waals surface area contributed by atoms with Gasteiger partial charge in [0.1, 0.15) is 5.75 Å². The Hall–Kier alpha value is -1.51. The first-order chi connectivity index (χ1) is 9.91. The molecular formula is C18H25NO2. The largest absolute Gasteiger partial charge is 0.497 e. The minimum absolute atomic E-state index is 0.0319. The number of carbonyl (C=O) groups excluding carboxylic acids is 1. The summed E-state index contributed by atoms with van der Waals surface area (Å²) in [5, 5.41) is 0. The molecule has 0 saturated heterocycles. The number of ether oxygens (including phenoxy) is 1. The van der Waals surface area contributed by atoms with Crippen LogP contribution in [0.5, 0.6) is 5.75 Å². The summed E-state index contributed by atoms with van der Waals surface area (Å²) in [6, 6.07) is 6.40. The molecule has 0 unspecified atom stereocenters. The normalized spacial score (nSPS) is 34.7. The van der Waals surface area contributed by atoms with Crippen LogP contribution in [0.25, 0.3) is 0 Å². The summed E-state index contributed by atoms with van der Waals surface area (Å²) in [7, 11) is 1.71. The van der Waals surface area contributed by atoms with Crippen molar-refractivity contribution in [3.63, 3.8) is 0 Å². The number of rotatable bonds is 2. The second-order valence-electron chi connectivity index (χ2n) is 7.17. The van der Waals surface area contributed by atoms with Crippen LogP contribution < -0.4 is 10.5 Å². The van der Waals surface area contributed by atoms with E-state index in [-0.39, 0.29) is 16.7 Å². The van der Waals surface area contributed by atoms with Gasteiger partial charge in [0.25, 0.3) is 0 Å². The van der Waals surface area contributed by atoms with E-state index in [0.29, 0.717) is 5.92 Å². The highest BCUT2D eigenvalue weighted by molar-refractivity contribution is 5.81. The molecule has 1 saturated carbocycles. The monoisotopic (exact) mass is 287 g/mol. The minimum Gasteiger partial charge on any atom is -0.497 e. The number of hydrogen-bond acceptors (Lipinski definition) is 2. The van der Waals surface area contributed by atoms with E-state index >= 15 is 0 Å². The predicted molar refractivity (Wildman–Crippen MR) is 83.3 cm³/mol. The molecule has 0 bridgehead atoms. The first-order valence-corrected chi connectivity index (χ1v) is 7.89. The summed E-state index contributed by atoms with van der Waals surface area (Å²) in [5.74, 6) is 1.10. The Labute approximate surface area is 126 Å². The molecule has 2 aliphatic carbocycles. The van der Waals surface area contributed by atoms with Crippen molar-refractivity contribution in [2.45, 2.75) is 51.4 Å². The highest BCUT2D eigenvalue weighted by Gasteiger charge is 2.54. The van der Waals surface area contributed by atoms with Crippen molar-refractivity contribution in [3.05, 3.63) is 29.3 Å². The molecule has 1 aromatic rings. The van der Waals surface area contributed by atoms with Gasteiger partial charge in [-0.05, 0) is 60.3 Å². The number of methoxy groups -OCH3 is 1. The lowest BCUT2D eigenvalue weighted by molar-refractivity contribution is -0.135. The maximum atomic E-state index is 12.1. The second kappa shape index (κ2) is 4.75. The number of fused-ring (bicyclic) bond motifs is 3. The SMILES string of the molecule is COc1ccc2c(c1)[C@]1(C)CCC[C@](C)(C(N)=O)[C@@H]1CC2. The Morgan fingerprint density at radius 2 is 2.10 bits per heavy atom. The van der Waals surface area contributed by atoms with Gasteiger partial charge in [0, 0.05) is 5.41 Å². The Balaban J connectivity index is 2.12. The number of aryl methyl sites for hydroxylation is 1. The fourth-order valence-electron chi connectivity index (χ4n) is 4.86. The van der Waals surface area contributed by atoms with Crippen molar-refractivity contribution < 1.29 is 9.53 Å². The fraction of sp³-hybridized carbons (Fsp3) is 0.611. The van der Waals surface area contributed by atoms with Crippen molar-refractivity contribution in [2.75, 3.05) is 7.11 Å². The van der Waals surface area contributed by atoms with E-state index in [4.69, 9.17) is 10.5 Å². The molecule has 0 aliphatic heterocycles. The molecule has 3 nitrogen and oxygen atoms in total. The Morgan fingerprint density at radius 1 is 1.33 bits per heavy atom. The molecule has 2 N–H and O–H groups in total. The van der Waals surface area contributed by atoms with Crippen LogP contribution in [0.2, 0.25) is 0 Å². The zero-order valence-electron chi connectivity index (χ0n) is 13.2. The lowest BCUT2D eigenvalue weighted by atomic mass is 9.49. The summed E-state index contributed by atoms with van der Waals surface area (Å²) in [6.45, 7) is 4.39. The lowest BCUT2D eigenvalue weighted by Crippen LogP contribution is -2.54. The molecule has 3 atom stereocenters. The first-order valence-electron chi connectivity index (χ1n) is 7.89. The molecule has 1 amide bonds. The van der Waals surface area contributed by atoms with Crippen LogP contribution in [0.1, 0.15) is 50.7 Å². The van der Waals surface area contributed by atoms with Gasteiger partial charge >= 0.3 is 0 Å². The van der Waals surface area contributed by atoms with E-state index in [0.717, 1.165) is 37.9 Å². The summed E-state index contributed by atoms with van der Waals surface area (Å²) < 4.78 is 5.41. The van der Waals surface area contributed by atoms with Gasteiger partial charge in [-0.3, -0.25) is 4.79 Å². The average molecular weight is 287 g/mol. The van der Waals surface area contributed by atoms with Crippen molar-refractivity contribution in [3.8, 4) is 5.75 Å². The van der Waals surface area contributed by atoms with Crippen LogP contribution in [0.3, 0.4) is 0 Å². The number of hydrogen-bond donors (Lipinski definition) is 1.